The van der Waals surface area contributed by atoms with Crippen LogP contribution in [0.1, 0.15) is 16.9 Å². The van der Waals surface area contributed by atoms with Gasteiger partial charge in [0.2, 0.25) is 0 Å². The van der Waals surface area contributed by atoms with Crippen molar-refractivity contribution in [2.45, 2.75) is 26.1 Å². The summed E-state index contributed by atoms with van der Waals surface area (Å²) in [7, 11) is 1.79. The van der Waals surface area contributed by atoms with E-state index in [0.717, 1.165) is 10.4 Å². The van der Waals surface area contributed by atoms with E-state index in [-0.39, 0.29) is 19.1 Å². The Balaban J connectivity index is 2.05. The Bertz CT molecular complexity index is 787. The molecule has 8 heteroatoms. The van der Waals surface area contributed by atoms with Crippen molar-refractivity contribution in [1.82, 2.24) is 9.80 Å². The van der Waals surface area contributed by atoms with E-state index in [2.05, 4.69) is 11.2 Å². The number of ether oxygens (including phenoxy) is 1. The second-order valence-electron chi connectivity index (χ2n) is 6.47. The van der Waals surface area contributed by atoms with Crippen molar-refractivity contribution in [3.63, 3.8) is 0 Å². The third-order valence-electron chi connectivity index (χ3n) is 4.20. The lowest BCUT2D eigenvalue weighted by atomic mass is 10.2. The highest BCUT2D eigenvalue weighted by atomic mass is 32.1. The van der Waals surface area contributed by atoms with Gasteiger partial charge in [-0.25, -0.2) is 0 Å². The van der Waals surface area contributed by atoms with Crippen molar-refractivity contribution < 1.29 is 9.53 Å². The molecule has 0 radical (unpaired) electrons. The van der Waals surface area contributed by atoms with Crippen molar-refractivity contribution in [3.05, 3.63) is 57.1 Å². The summed E-state index contributed by atoms with van der Waals surface area (Å²) in [6.45, 7) is 2.83. The van der Waals surface area contributed by atoms with Gasteiger partial charge in [0, 0.05) is 17.8 Å². The molecule has 1 amide bonds. The first-order valence-electron chi connectivity index (χ1n) is 8.92. The van der Waals surface area contributed by atoms with Gasteiger partial charge in [-0.15, -0.1) is 16.2 Å². The van der Waals surface area contributed by atoms with Crippen LogP contribution in [0.15, 0.2) is 47.0 Å². The van der Waals surface area contributed by atoms with Crippen LogP contribution in [0.4, 0.5) is 0 Å². The van der Waals surface area contributed by atoms with Crippen LogP contribution >= 0.6 is 11.3 Å². The molecule has 1 aromatic carbocycles. The van der Waals surface area contributed by atoms with Crippen LogP contribution in [0, 0.1) is 23.2 Å². The van der Waals surface area contributed by atoms with Crippen LogP contribution in [0.5, 0.6) is 5.75 Å². The van der Waals surface area contributed by atoms with E-state index in [1.807, 2.05) is 36.6 Å². The molecule has 0 saturated heterocycles. The summed E-state index contributed by atoms with van der Waals surface area (Å²) in [6.07, 6.45) is -0.471. The van der Waals surface area contributed by atoms with Crippen molar-refractivity contribution >= 4 is 17.2 Å². The number of benzene rings is 1. The summed E-state index contributed by atoms with van der Waals surface area (Å²) < 4.78 is 5.60. The normalized spacial score (nSPS) is 11.6. The maximum absolute atomic E-state index is 12.8. The standard InChI is InChI=1S/C20H24N4O3S/c1-16-5-7-17(8-6-16)27-15-20(25)24(14-18-4-3-13-28-18)19(22-26)9-11-23(2)12-10-21/h3-8,13,19H,9,11-12,14-15H2,1-2H3. The van der Waals surface area contributed by atoms with Crippen LogP contribution in [0.3, 0.4) is 0 Å². The highest BCUT2D eigenvalue weighted by molar-refractivity contribution is 7.09. The zero-order chi connectivity index (χ0) is 20.4. The number of aryl methyl sites for hydroxylation is 1. The van der Waals surface area contributed by atoms with Crippen molar-refractivity contribution in [2.24, 2.45) is 5.18 Å². The monoisotopic (exact) mass is 400 g/mol. The molecule has 28 heavy (non-hydrogen) atoms. The summed E-state index contributed by atoms with van der Waals surface area (Å²) >= 11 is 1.51. The van der Waals surface area contributed by atoms with E-state index in [1.54, 1.807) is 24.1 Å². The Kier molecular flexibility index (Phi) is 8.59. The number of nitroso groups, excluding NO2 is 1. The zero-order valence-corrected chi connectivity index (χ0v) is 16.9. The SMILES string of the molecule is Cc1ccc(OCC(=O)N(Cc2cccs2)C(CCN(C)CC#N)N=O)cc1. The number of rotatable bonds is 11. The van der Waals surface area contributed by atoms with Gasteiger partial charge in [0.05, 0.1) is 19.2 Å². The molecule has 0 N–H and O–H groups in total. The minimum Gasteiger partial charge on any atom is -0.484 e. The van der Waals surface area contributed by atoms with Gasteiger partial charge in [-0.3, -0.25) is 9.69 Å². The maximum atomic E-state index is 12.8. The Morgan fingerprint density at radius 2 is 2.07 bits per heavy atom. The Morgan fingerprint density at radius 3 is 2.68 bits per heavy atom. The second kappa shape index (κ2) is 11.2. The van der Waals surface area contributed by atoms with Gasteiger partial charge < -0.3 is 9.64 Å². The fourth-order valence-electron chi connectivity index (χ4n) is 2.59. The van der Waals surface area contributed by atoms with Crippen molar-refractivity contribution in [3.8, 4) is 11.8 Å². The Morgan fingerprint density at radius 1 is 1.32 bits per heavy atom. The lowest BCUT2D eigenvalue weighted by molar-refractivity contribution is -0.136. The first-order chi connectivity index (χ1) is 13.5. The lowest BCUT2D eigenvalue weighted by Gasteiger charge is -2.27. The topological polar surface area (TPSA) is 86.0 Å². The van der Waals surface area contributed by atoms with E-state index in [9.17, 15) is 9.70 Å². The van der Waals surface area contributed by atoms with Crippen LogP contribution < -0.4 is 4.74 Å². The molecule has 1 heterocycles. The fourth-order valence-corrected chi connectivity index (χ4v) is 3.30. The quantitative estimate of drug-likeness (QED) is 0.426. The first-order valence-corrected chi connectivity index (χ1v) is 9.80. The molecule has 1 unspecified atom stereocenters. The molecule has 1 aromatic heterocycles. The van der Waals surface area contributed by atoms with Crippen LogP contribution in [0.2, 0.25) is 0 Å². The van der Waals surface area contributed by atoms with E-state index in [0.29, 0.717) is 25.3 Å². The smallest absolute Gasteiger partial charge is 0.262 e. The van der Waals surface area contributed by atoms with Crippen molar-refractivity contribution in [1.29, 1.82) is 5.26 Å². The average Bonchev–Trinajstić information content (AvgIpc) is 3.20. The summed E-state index contributed by atoms with van der Waals surface area (Å²) in [6, 6.07) is 13.3. The van der Waals surface area contributed by atoms with Gasteiger partial charge in [-0.05, 0) is 42.7 Å². The number of thiophene rings is 1. The van der Waals surface area contributed by atoms with Gasteiger partial charge in [0.25, 0.3) is 5.91 Å². The maximum Gasteiger partial charge on any atom is 0.262 e. The van der Waals surface area contributed by atoms with E-state index in [4.69, 9.17) is 10.00 Å². The number of nitrogens with zero attached hydrogens (tertiary/aromatic N) is 4. The number of carbonyl (C=O) groups is 1. The highest BCUT2D eigenvalue weighted by Gasteiger charge is 2.26. The molecular formula is C20H24N4O3S. The molecule has 0 aliphatic heterocycles. The van der Waals surface area contributed by atoms with E-state index in [1.165, 1.54) is 16.2 Å². The van der Waals surface area contributed by atoms with Crippen molar-refractivity contribution in [2.75, 3.05) is 26.7 Å². The highest BCUT2D eigenvalue weighted by Crippen LogP contribution is 2.18. The number of nitriles is 1. The molecule has 0 bridgehead atoms. The molecule has 7 nitrogen and oxygen atoms in total. The number of carbonyl (C=O) groups excluding carboxylic acids is 1. The molecule has 0 aliphatic carbocycles. The van der Waals surface area contributed by atoms with E-state index < -0.39 is 6.17 Å². The Hall–Kier alpha value is -2.76. The van der Waals surface area contributed by atoms with Gasteiger partial charge in [-0.2, -0.15) is 5.26 Å². The minimum absolute atomic E-state index is 0.172. The molecule has 2 rings (SSSR count). The summed E-state index contributed by atoms with van der Waals surface area (Å²) in [5, 5.41) is 13.9. The molecule has 148 valence electrons. The largest absolute Gasteiger partial charge is 0.484 e. The van der Waals surface area contributed by atoms with Crippen LogP contribution in [-0.2, 0) is 11.3 Å². The Labute approximate surface area is 169 Å². The predicted octanol–water partition coefficient (Wildman–Crippen LogP) is 3.40. The molecular weight excluding hydrogens is 376 g/mol. The average molecular weight is 401 g/mol. The lowest BCUT2D eigenvalue weighted by Crippen LogP contribution is -2.42. The number of hydrogen-bond acceptors (Lipinski definition) is 7. The van der Waals surface area contributed by atoms with E-state index >= 15 is 0 Å². The third-order valence-corrected chi connectivity index (χ3v) is 5.06. The molecule has 0 spiro atoms. The summed E-state index contributed by atoms with van der Waals surface area (Å²) in [4.78, 5) is 28.5. The number of amides is 1. The molecule has 0 fully saturated rings. The minimum atomic E-state index is -0.822. The second-order valence-corrected chi connectivity index (χ2v) is 7.51. The van der Waals surface area contributed by atoms with Crippen LogP contribution in [-0.4, -0.2) is 48.6 Å². The van der Waals surface area contributed by atoms with Gasteiger partial charge in [0.15, 0.2) is 12.8 Å². The zero-order valence-electron chi connectivity index (χ0n) is 16.1. The third kappa shape index (κ3) is 6.76. The first kappa shape index (κ1) is 21.5. The van der Waals surface area contributed by atoms with Gasteiger partial charge in [0.1, 0.15) is 5.75 Å². The van der Waals surface area contributed by atoms with Gasteiger partial charge in [-0.1, -0.05) is 23.8 Å². The summed E-state index contributed by atoms with van der Waals surface area (Å²) in [5.41, 5.74) is 1.10. The predicted molar refractivity (Wildman–Crippen MR) is 109 cm³/mol. The summed E-state index contributed by atoms with van der Waals surface area (Å²) in [5.74, 6) is 0.293. The molecule has 0 aliphatic rings. The fraction of sp³-hybridized carbons (Fsp3) is 0.400. The van der Waals surface area contributed by atoms with Crippen LogP contribution in [0.25, 0.3) is 0 Å². The molecule has 1 atom stereocenters. The number of hydrogen-bond donors (Lipinski definition) is 0. The molecule has 0 saturated carbocycles. The molecule has 2 aromatic rings. The van der Waals surface area contributed by atoms with Gasteiger partial charge >= 0.3 is 0 Å².